The molecular formula is C15H22N2O. The first kappa shape index (κ1) is 13.1. The van der Waals surface area contributed by atoms with E-state index in [1.165, 1.54) is 11.1 Å². The van der Waals surface area contributed by atoms with Crippen molar-refractivity contribution in [2.24, 2.45) is 5.92 Å². The molecule has 2 rings (SSSR count). The zero-order valence-electron chi connectivity index (χ0n) is 11.2. The number of piperidine rings is 1. The van der Waals surface area contributed by atoms with Crippen LogP contribution in [-0.4, -0.2) is 18.5 Å². The van der Waals surface area contributed by atoms with Crippen LogP contribution in [0.1, 0.15) is 30.9 Å². The predicted octanol–water partition coefficient (Wildman–Crippen LogP) is 2.00. The van der Waals surface area contributed by atoms with Gasteiger partial charge >= 0.3 is 0 Å². The summed E-state index contributed by atoms with van der Waals surface area (Å²) in [5.74, 6) is 0.308. The summed E-state index contributed by atoms with van der Waals surface area (Å²) in [6.07, 6.45) is 2.08. The van der Waals surface area contributed by atoms with Gasteiger partial charge in [-0.25, -0.2) is 0 Å². The van der Waals surface area contributed by atoms with E-state index >= 15 is 0 Å². The molecule has 0 saturated carbocycles. The minimum Gasteiger partial charge on any atom is -0.352 e. The predicted molar refractivity (Wildman–Crippen MR) is 73.2 cm³/mol. The van der Waals surface area contributed by atoms with E-state index in [1.54, 1.807) is 0 Å². The van der Waals surface area contributed by atoms with Crippen molar-refractivity contribution >= 4 is 5.91 Å². The normalized spacial score (nSPS) is 23.7. The van der Waals surface area contributed by atoms with Gasteiger partial charge in [-0.1, -0.05) is 24.3 Å². The summed E-state index contributed by atoms with van der Waals surface area (Å²) < 4.78 is 0. The highest BCUT2D eigenvalue weighted by molar-refractivity contribution is 5.79. The molecule has 98 valence electrons. The SMILES string of the molecule is Cc1ccccc1CNC(=O)C1CCC(C)NC1. The van der Waals surface area contributed by atoms with Gasteiger partial charge in [-0.15, -0.1) is 0 Å². The zero-order chi connectivity index (χ0) is 13.0. The van der Waals surface area contributed by atoms with E-state index < -0.39 is 0 Å². The van der Waals surface area contributed by atoms with E-state index in [-0.39, 0.29) is 11.8 Å². The molecule has 2 N–H and O–H groups in total. The second-order valence-corrected chi connectivity index (χ2v) is 5.23. The van der Waals surface area contributed by atoms with Crippen molar-refractivity contribution in [3.8, 4) is 0 Å². The van der Waals surface area contributed by atoms with Gasteiger partial charge in [0.1, 0.15) is 0 Å². The maximum atomic E-state index is 12.0. The number of nitrogens with one attached hydrogen (secondary N) is 2. The highest BCUT2D eigenvalue weighted by Crippen LogP contribution is 2.14. The van der Waals surface area contributed by atoms with Crippen LogP contribution < -0.4 is 10.6 Å². The number of hydrogen-bond donors (Lipinski definition) is 2. The number of amides is 1. The van der Waals surface area contributed by atoms with Crippen LogP contribution >= 0.6 is 0 Å². The molecule has 18 heavy (non-hydrogen) atoms. The standard InChI is InChI=1S/C15H22N2O/c1-11-5-3-4-6-13(11)9-17-15(18)14-8-7-12(2)16-10-14/h3-6,12,14,16H,7-10H2,1-2H3,(H,17,18). The maximum Gasteiger partial charge on any atom is 0.224 e. The monoisotopic (exact) mass is 246 g/mol. The number of hydrogen-bond acceptors (Lipinski definition) is 2. The van der Waals surface area contributed by atoms with Gasteiger partial charge in [0.25, 0.3) is 0 Å². The number of carbonyl (C=O) groups is 1. The molecule has 0 spiro atoms. The van der Waals surface area contributed by atoms with Crippen molar-refractivity contribution in [3.63, 3.8) is 0 Å². The van der Waals surface area contributed by atoms with Crippen LogP contribution in [-0.2, 0) is 11.3 Å². The molecular weight excluding hydrogens is 224 g/mol. The molecule has 3 nitrogen and oxygen atoms in total. The van der Waals surface area contributed by atoms with E-state index in [0.29, 0.717) is 12.6 Å². The maximum absolute atomic E-state index is 12.0. The van der Waals surface area contributed by atoms with Crippen molar-refractivity contribution in [2.45, 2.75) is 39.3 Å². The summed E-state index contributed by atoms with van der Waals surface area (Å²) >= 11 is 0. The van der Waals surface area contributed by atoms with Gasteiger partial charge in [0.15, 0.2) is 0 Å². The Morgan fingerprint density at radius 3 is 2.83 bits per heavy atom. The van der Waals surface area contributed by atoms with Crippen molar-refractivity contribution in [3.05, 3.63) is 35.4 Å². The fourth-order valence-electron chi connectivity index (χ4n) is 2.36. The molecule has 2 atom stereocenters. The third-order valence-corrected chi connectivity index (χ3v) is 3.75. The Labute approximate surface area is 109 Å². The summed E-state index contributed by atoms with van der Waals surface area (Å²) in [4.78, 5) is 12.0. The number of carbonyl (C=O) groups excluding carboxylic acids is 1. The molecule has 2 unspecified atom stereocenters. The number of aryl methyl sites for hydroxylation is 1. The first-order chi connectivity index (χ1) is 8.66. The van der Waals surface area contributed by atoms with Gasteiger partial charge in [0.2, 0.25) is 5.91 Å². The van der Waals surface area contributed by atoms with Crippen LogP contribution in [0.3, 0.4) is 0 Å². The van der Waals surface area contributed by atoms with Crippen LogP contribution in [0.5, 0.6) is 0 Å². The lowest BCUT2D eigenvalue weighted by atomic mass is 9.94. The van der Waals surface area contributed by atoms with Crippen molar-refractivity contribution in [2.75, 3.05) is 6.54 Å². The highest BCUT2D eigenvalue weighted by atomic mass is 16.1. The molecule has 1 aromatic carbocycles. The molecule has 1 aliphatic heterocycles. The lowest BCUT2D eigenvalue weighted by molar-refractivity contribution is -0.125. The topological polar surface area (TPSA) is 41.1 Å². The van der Waals surface area contributed by atoms with Gasteiger partial charge in [-0.2, -0.15) is 0 Å². The first-order valence-corrected chi connectivity index (χ1v) is 6.72. The summed E-state index contributed by atoms with van der Waals surface area (Å²) in [5.41, 5.74) is 2.43. The molecule has 3 heteroatoms. The molecule has 0 aromatic heterocycles. The zero-order valence-corrected chi connectivity index (χ0v) is 11.2. The van der Waals surface area contributed by atoms with Crippen LogP contribution in [0.2, 0.25) is 0 Å². The quantitative estimate of drug-likeness (QED) is 0.856. The molecule has 1 fully saturated rings. The molecule has 0 bridgehead atoms. The molecule has 1 heterocycles. The minimum atomic E-state index is 0.130. The Hall–Kier alpha value is -1.35. The first-order valence-electron chi connectivity index (χ1n) is 6.72. The third kappa shape index (κ3) is 3.33. The van der Waals surface area contributed by atoms with Gasteiger partial charge in [-0.3, -0.25) is 4.79 Å². The van der Waals surface area contributed by atoms with E-state index in [0.717, 1.165) is 19.4 Å². The van der Waals surface area contributed by atoms with Crippen LogP contribution in [0.4, 0.5) is 0 Å². The third-order valence-electron chi connectivity index (χ3n) is 3.75. The largest absolute Gasteiger partial charge is 0.352 e. The van der Waals surface area contributed by atoms with Crippen LogP contribution in [0, 0.1) is 12.8 Å². The molecule has 0 radical (unpaired) electrons. The van der Waals surface area contributed by atoms with Crippen LogP contribution in [0.15, 0.2) is 24.3 Å². The molecule has 0 aliphatic carbocycles. The van der Waals surface area contributed by atoms with Crippen molar-refractivity contribution in [1.82, 2.24) is 10.6 Å². The number of rotatable bonds is 3. The second-order valence-electron chi connectivity index (χ2n) is 5.23. The van der Waals surface area contributed by atoms with Gasteiger partial charge in [-0.05, 0) is 37.8 Å². The van der Waals surface area contributed by atoms with Gasteiger partial charge in [0.05, 0.1) is 5.92 Å². The highest BCUT2D eigenvalue weighted by Gasteiger charge is 2.23. The van der Waals surface area contributed by atoms with E-state index in [9.17, 15) is 4.79 Å². The molecule has 1 aliphatic rings. The minimum absolute atomic E-state index is 0.130. The molecule has 1 aromatic rings. The molecule has 1 saturated heterocycles. The Morgan fingerprint density at radius 2 is 2.17 bits per heavy atom. The Morgan fingerprint density at radius 1 is 1.39 bits per heavy atom. The fourth-order valence-corrected chi connectivity index (χ4v) is 2.36. The summed E-state index contributed by atoms with van der Waals surface area (Å²) in [7, 11) is 0. The fraction of sp³-hybridized carbons (Fsp3) is 0.533. The van der Waals surface area contributed by atoms with Crippen LogP contribution in [0.25, 0.3) is 0 Å². The lowest BCUT2D eigenvalue weighted by Gasteiger charge is -2.26. The van der Waals surface area contributed by atoms with Gasteiger partial charge < -0.3 is 10.6 Å². The number of benzene rings is 1. The summed E-state index contributed by atoms with van der Waals surface area (Å²) in [6.45, 7) is 5.69. The van der Waals surface area contributed by atoms with Gasteiger partial charge in [0, 0.05) is 19.1 Å². The average Bonchev–Trinajstić information content (AvgIpc) is 2.38. The second kappa shape index (κ2) is 6.01. The Balaban J connectivity index is 1.83. The lowest BCUT2D eigenvalue weighted by Crippen LogP contribution is -2.43. The molecule has 1 amide bonds. The van der Waals surface area contributed by atoms with Crippen molar-refractivity contribution in [1.29, 1.82) is 0 Å². The smallest absolute Gasteiger partial charge is 0.224 e. The Bertz CT molecular complexity index is 409. The van der Waals surface area contributed by atoms with E-state index in [2.05, 4.69) is 36.6 Å². The average molecular weight is 246 g/mol. The van der Waals surface area contributed by atoms with E-state index in [1.807, 2.05) is 12.1 Å². The Kier molecular flexibility index (Phi) is 4.37. The van der Waals surface area contributed by atoms with E-state index in [4.69, 9.17) is 0 Å². The summed E-state index contributed by atoms with van der Waals surface area (Å²) in [5, 5.41) is 6.41. The van der Waals surface area contributed by atoms with Crippen molar-refractivity contribution < 1.29 is 4.79 Å². The summed E-state index contributed by atoms with van der Waals surface area (Å²) in [6, 6.07) is 8.72.